The predicted molar refractivity (Wildman–Crippen MR) is 121 cm³/mol. The molecule has 9 heteroatoms. The van der Waals surface area contributed by atoms with Gasteiger partial charge in [-0.15, -0.1) is 5.10 Å². The van der Waals surface area contributed by atoms with Crippen molar-refractivity contribution in [2.24, 2.45) is 5.41 Å². The molecule has 2 N–H and O–H groups in total. The molecule has 1 aromatic carbocycles. The summed E-state index contributed by atoms with van der Waals surface area (Å²) < 4.78 is 5.79. The van der Waals surface area contributed by atoms with Gasteiger partial charge in [0.05, 0.1) is 11.0 Å². The molecule has 9 nitrogen and oxygen atoms in total. The fourth-order valence-corrected chi connectivity index (χ4v) is 4.26. The SMILES string of the molecule is O=C1NCCNC(=O)C2(C/C=C/COc3ccccc31)CCCN(C(=O)c1cccnn1)C2. The lowest BCUT2D eigenvalue weighted by atomic mass is 9.76. The highest BCUT2D eigenvalue weighted by Gasteiger charge is 2.42. The van der Waals surface area contributed by atoms with E-state index >= 15 is 0 Å². The largest absolute Gasteiger partial charge is 0.489 e. The Labute approximate surface area is 192 Å². The van der Waals surface area contributed by atoms with Crippen LogP contribution in [0.5, 0.6) is 5.75 Å². The second kappa shape index (κ2) is 10.2. The van der Waals surface area contributed by atoms with Gasteiger partial charge < -0.3 is 20.3 Å². The molecule has 1 aromatic heterocycles. The quantitative estimate of drug-likeness (QED) is 0.639. The minimum absolute atomic E-state index is 0.128. The number of para-hydroxylation sites is 1. The summed E-state index contributed by atoms with van der Waals surface area (Å²) in [4.78, 5) is 40.4. The lowest BCUT2D eigenvalue weighted by Crippen LogP contribution is -2.54. The summed E-state index contributed by atoms with van der Waals surface area (Å²) in [7, 11) is 0. The van der Waals surface area contributed by atoms with Crippen LogP contribution in [-0.4, -0.2) is 65.6 Å². The molecule has 172 valence electrons. The number of fused-ring (bicyclic) bond motifs is 1. The molecule has 1 spiro atoms. The van der Waals surface area contributed by atoms with Gasteiger partial charge in [-0.2, -0.15) is 5.10 Å². The molecule has 1 saturated heterocycles. The molecule has 0 saturated carbocycles. The topological polar surface area (TPSA) is 114 Å². The second-order valence-electron chi connectivity index (χ2n) is 8.21. The van der Waals surface area contributed by atoms with Crippen LogP contribution in [-0.2, 0) is 4.79 Å². The van der Waals surface area contributed by atoms with E-state index in [2.05, 4.69) is 20.8 Å². The van der Waals surface area contributed by atoms with Gasteiger partial charge in [0.2, 0.25) is 5.91 Å². The summed E-state index contributed by atoms with van der Waals surface area (Å²) in [6.07, 6.45) is 7.12. The van der Waals surface area contributed by atoms with Crippen LogP contribution in [0, 0.1) is 5.41 Å². The van der Waals surface area contributed by atoms with Crippen molar-refractivity contribution in [3.63, 3.8) is 0 Å². The molecule has 1 unspecified atom stereocenters. The van der Waals surface area contributed by atoms with E-state index < -0.39 is 5.41 Å². The van der Waals surface area contributed by atoms with Gasteiger partial charge in [-0.05, 0) is 43.5 Å². The van der Waals surface area contributed by atoms with E-state index in [1.54, 1.807) is 35.2 Å². The average molecular weight is 450 g/mol. The molecule has 3 amide bonds. The normalized spacial score (nSPS) is 22.8. The number of rotatable bonds is 1. The van der Waals surface area contributed by atoms with Crippen molar-refractivity contribution in [2.75, 3.05) is 32.8 Å². The number of amides is 3. The van der Waals surface area contributed by atoms with E-state index in [0.29, 0.717) is 37.1 Å². The van der Waals surface area contributed by atoms with Crippen molar-refractivity contribution in [3.8, 4) is 5.75 Å². The number of hydrogen-bond acceptors (Lipinski definition) is 6. The molecular weight excluding hydrogens is 422 g/mol. The number of hydrogen-bond donors (Lipinski definition) is 2. The van der Waals surface area contributed by atoms with Crippen molar-refractivity contribution in [2.45, 2.75) is 19.3 Å². The highest BCUT2D eigenvalue weighted by Crippen LogP contribution is 2.35. The molecule has 4 rings (SSSR count). The molecule has 2 aromatic rings. The number of piperidine rings is 1. The van der Waals surface area contributed by atoms with Gasteiger partial charge in [0.25, 0.3) is 11.8 Å². The lowest BCUT2D eigenvalue weighted by Gasteiger charge is -2.41. The van der Waals surface area contributed by atoms with Crippen LogP contribution in [0.25, 0.3) is 0 Å². The van der Waals surface area contributed by atoms with Gasteiger partial charge in [-0.25, -0.2) is 0 Å². The summed E-state index contributed by atoms with van der Waals surface area (Å²) in [6, 6.07) is 10.4. The van der Waals surface area contributed by atoms with Crippen LogP contribution in [0.2, 0.25) is 0 Å². The van der Waals surface area contributed by atoms with Crippen molar-refractivity contribution in [1.82, 2.24) is 25.7 Å². The molecule has 1 atom stereocenters. The Hall–Kier alpha value is -3.75. The first kappa shape index (κ1) is 22.4. The molecule has 0 radical (unpaired) electrons. The van der Waals surface area contributed by atoms with Crippen molar-refractivity contribution in [3.05, 3.63) is 66.0 Å². The maximum atomic E-state index is 13.3. The van der Waals surface area contributed by atoms with Gasteiger partial charge in [-0.1, -0.05) is 24.3 Å². The van der Waals surface area contributed by atoms with Gasteiger partial charge in [0, 0.05) is 32.4 Å². The molecule has 0 aliphatic carbocycles. The molecule has 3 heterocycles. The summed E-state index contributed by atoms with van der Waals surface area (Å²) in [5.41, 5.74) is -0.0454. The zero-order chi connectivity index (χ0) is 23.1. The smallest absolute Gasteiger partial charge is 0.274 e. The maximum Gasteiger partial charge on any atom is 0.274 e. The van der Waals surface area contributed by atoms with E-state index in [4.69, 9.17) is 4.74 Å². The van der Waals surface area contributed by atoms with Crippen molar-refractivity contribution < 1.29 is 19.1 Å². The van der Waals surface area contributed by atoms with Gasteiger partial charge in [0.1, 0.15) is 12.4 Å². The van der Waals surface area contributed by atoms with E-state index in [9.17, 15) is 14.4 Å². The van der Waals surface area contributed by atoms with Crippen LogP contribution in [0.15, 0.2) is 54.7 Å². The minimum atomic E-state index is -0.765. The lowest BCUT2D eigenvalue weighted by molar-refractivity contribution is -0.133. The molecule has 0 bridgehead atoms. The third-order valence-electron chi connectivity index (χ3n) is 5.98. The van der Waals surface area contributed by atoms with Crippen LogP contribution in [0.4, 0.5) is 0 Å². The Morgan fingerprint density at radius 2 is 1.91 bits per heavy atom. The Morgan fingerprint density at radius 1 is 1.06 bits per heavy atom. The number of benzene rings is 1. The van der Waals surface area contributed by atoms with E-state index in [1.807, 2.05) is 18.2 Å². The second-order valence-corrected chi connectivity index (χ2v) is 8.21. The third kappa shape index (κ3) is 5.19. The number of carbonyl (C=O) groups excluding carboxylic acids is 3. The van der Waals surface area contributed by atoms with Crippen molar-refractivity contribution >= 4 is 17.7 Å². The Balaban J connectivity index is 1.53. The molecular formula is C24H27N5O4. The summed E-state index contributed by atoms with van der Waals surface area (Å²) in [5, 5.41) is 13.5. The van der Waals surface area contributed by atoms with Gasteiger partial charge in [-0.3, -0.25) is 14.4 Å². The number of allylic oxidation sites excluding steroid dienone is 1. The van der Waals surface area contributed by atoms with Crippen LogP contribution in [0.3, 0.4) is 0 Å². The first-order valence-electron chi connectivity index (χ1n) is 11.1. The Bertz CT molecular complexity index is 1040. The summed E-state index contributed by atoms with van der Waals surface area (Å²) >= 11 is 0. The highest BCUT2D eigenvalue weighted by atomic mass is 16.5. The number of carbonyl (C=O) groups is 3. The minimum Gasteiger partial charge on any atom is -0.489 e. The van der Waals surface area contributed by atoms with Gasteiger partial charge in [0.15, 0.2) is 5.69 Å². The average Bonchev–Trinajstić information content (AvgIpc) is 2.86. The standard InChI is InChI=1S/C24H27N5O4/c30-21-18-7-1-2-9-20(18)33-16-4-3-10-24(23(32)26-14-13-25-21)11-6-15-29(17-24)22(31)19-8-5-12-27-28-19/h1-5,7-9,12H,6,10-11,13-17H2,(H,25,30)(H,26,32)/b4-3+. The van der Waals surface area contributed by atoms with Crippen LogP contribution < -0.4 is 15.4 Å². The molecule has 33 heavy (non-hydrogen) atoms. The van der Waals surface area contributed by atoms with Gasteiger partial charge >= 0.3 is 0 Å². The zero-order valence-electron chi connectivity index (χ0n) is 18.3. The monoisotopic (exact) mass is 449 g/mol. The number of ether oxygens (including phenoxy) is 1. The molecule has 2 aliphatic heterocycles. The first-order valence-corrected chi connectivity index (χ1v) is 11.1. The van der Waals surface area contributed by atoms with Crippen LogP contribution >= 0.6 is 0 Å². The fraction of sp³-hybridized carbons (Fsp3) is 0.375. The third-order valence-corrected chi connectivity index (χ3v) is 5.98. The number of nitrogens with one attached hydrogen (secondary N) is 2. The zero-order valence-corrected chi connectivity index (χ0v) is 18.3. The van der Waals surface area contributed by atoms with Crippen LogP contribution in [0.1, 0.15) is 40.1 Å². The van der Waals surface area contributed by atoms with Crippen molar-refractivity contribution in [1.29, 1.82) is 0 Å². The number of nitrogens with zero attached hydrogens (tertiary/aromatic N) is 3. The molecule has 2 aliphatic rings. The Morgan fingerprint density at radius 3 is 2.76 bits per heavy atom. The predicted octanol–water partition coefficient (Wildman–Crippen LogP) is 1.58. The number of likely N-dealkylation sites (tertiary alicyclic amines) is 1. The number of aromatic nitrogens is 2. The summed E-state index contributed by atoms with van der Waals surface area (Å²) in [5.74, 6) is -0.107. The highest BCUT2D eigenvalue weighted by molar-refractivity contribution is 5.97. The first-order chi connectivity index (χ1) is 16.1. The Kier molecular flexibility index (Phi) is 6.97. The fourth-order valence-electron chi connectivity index (χ4n) is 4.26. The summed E-state index contributed by atoms with van der Waals surface area (Å²) in [6.45, 7) is 1.69. The molecule has 1 fully saturated rings. The maximum absolute atomic E-state index is 13.3. The van der Waals surface area contributed by atoms with E-state index in [-0.39, 0.29) is 49.7 Å². The van der Waals surface area contributed by atoms with E-state index in [1.165, 1.54) is 6.20 Å². The van der Waals surface area contributed by atoms with E-state index in [0.717, 1.165) is 0 Å².